The number of ether oxygens (including phenoxy) is 1. The molecular formula is C23H29N3O2S. The van der Waals surface area contributed by atoms with Gasteiger partial charge in [0.2, 0.25) is 0 Å². The van der Waals surface area contributed by atoms with Gasteiger partial charge in [0.25, 0.3) is 0 Å². The van der Waals surface area contributed by atoms with Crippen LogP contribution in [0.3, 0.4) is 0 Å². The van der Waals surface area contributed by atoms with Gasteiger partial charge in [-0.25, -0.2) is 8.57 Å². The summed E-state index contributed by atoms with van der Waals surface area (Å²) in [5.41, 5.74) is 1.93. The molecule has 2 aromatic rings. The molecule has 0 N–H and O–H groups in total. The maximum absolute atomic E-state index is 12.3. The number of nitriles is 1. The first-order valence-corrected chi connectivity index (χ1v) is 11.9. The van der Waals surface area contributed by atoms with Crippen LogP contribution in [0.1, 0.15) is 24.5 Å². The van der Waals surface area contributed by atoms with E-state index < -0.39 is 9.73 Å². The molecule has 0 amide bonds. The van der Waals surface area contributed by atoms with Crippen LogP contribution >= 0.6 is 0 Å². The van der Waals surface area contributed by atoms with Gasteiger partial charge in [-0.2, -0.15) is 5.26 Å². The smallest absolute Gasteiger partial charge is 0.119 e. The van der Waals surface area contributed by atoms with Crippen LogP contribution in [0, 0.1) is 17.2 Å². The average Bonchev–Trinajstić information content (AvgIpc) is 3.10. The normalized spacial score (nSPS) is 21.3. The minimum atomic E-state index is -2.30. The fourth-order valence-corrected chi connectivity index (χ4v) is 4.68. The zero-order valence-corrected chi connectivity index (χ0v) is 18.2. The second-order valence-corrected chi connectivity index (χ2v) is 10.2. The van der Waals surface area contributed by atoms with E-state index in [1.54, 1.807) is 13.3 Å². The van der Waals surface area contributed by atoms with Crippen LogP contribution in [0.5, 0.6) is 5.75 Å². The van der Waals surface area contributed by atoms with Crippen LogP contribution in [0.4, 0.5) is 0 Å². The number of hydrogen-bond acceptors (Lipinski definition) is 5. The quantitative estimate of drug-likeness (QED) is 0.691. The summed E-state index contributed by atoms with van der Waals surface area (Å²) < 4.78 is 22.2. The SMILES string of the molecule is CN=[S@](C)(=O)c1ccc(OC[C@H]2C[C@@H](C)N(CCc3cccc(C#N)c3)C2)cc1. The summed E-state index contributed by atoms with van der Waals surface area (Å²) in [7, 11) is -0.716. The van der Waals surface area contributed by atoms with Crippen molar-refractivity contribution in [2.24, 2.45) is 10.3 Å². The van der Waals surface area contributed by atoms with Crippen LogP contribution in [0.25, 0.3) is 0 Å². The average molecular weight is 412 g/mol. The van der Waals surface area contributed by atoms with Crippen molar-refractivity contribution in [3.05, 3.63) is 59.7 Å². The van der Waals surface area contributed by atoms with E-state index in [2.05, 4.69) is 28.3 Å². The Balaban J connectivity index is 1.49. The predicted molar refractivity (Wildman–Crippen MR) is 117 cm³/mol. The molecule has 0 aliphatic carbocycles. The lowest BCUT2D eigenvalue weighted by Crippen LogP contribution is -2.29. The van der Waals surface area contributed by atoms with Gasteiger partial charge in [-0.15, -0.1) is 0 Å². The maximum Gasteiger partial charge on any atom is 0.119 e. The van der Waals surface area contributed by atoms with Crippen molar-refractivity contribution < 1.29 is 8.95 Å². The van der Waals surface area contributed by atoms with Gasteiger partial charge in [-0.05, 0) is 61.7 Å². The highest BCUT2D eigenvalue weighted by molar-refractivity contribution is 7.93. The molecule has 1 aliphatic rings. The van der Waals surface area contributed by atoms with Crippen LogP contribution < -0.4 is 4.74 Å². The van der Waals surface area contributed by atoms with Gasteiger partial charge in [0.1, 0.15) is 5.75 Å². The molecule has 3 rings (SSSR count). The Hall–Kier alpha value is -2.36. The molecular weight excluding hydrogens is 382 g/mol. The molecule has 0 spiro atoms. The molecule has 3 atom stereocenters. The number of hydrogen-bond donors (Lipinski definition) is 0. The van der Waals surface area contributed by atoms with Gasteiger partial charge < -0.3 is 4.74 Å². The Kier molecular flexibility index (Phi) is 6.94. The van der Waals surface area contributed by atoms with Crippen LogP contribution in [-0.4, -0.2) is 48.2 Å². The summed E-state index contributed by atoms with van der Waals surface area (Å²) in [6.45, 7) is 4.97. The van der Waals surface area contributed by atoms with E-state index in [1.165, 1.54) is 5.56 Å². The Morgan fingerprint density at radius 3 is 2.72 bits per heavy atom. The fourth-order valence-electron chi connectivity index (χ4n) is 3.83. The predicted octanol–water partition coefficient (Wildman–Crippen LogP) is 3.98. The van der Waals surface area contributed by atoms with Crippen molar-refractivity contribution >= 4 is 9.73 Å². The minimum absolute atomic E-state index is 0.496. The highest BCUT2D eigenvalue weighted by atomic mass is 32.2. The molecule has 0 radical (unpaired) electrons. The van der Waals surface area contributed by atoms with Gasteiger partial charge in [-0.1, -0.05) is 12.1 Å². The van der Waals surface area contributed by atoms with Crippen LogP contribution in [0.15, 0.2) is 57.8 Å². The Labute approximate surface area is 174 Å². The van der Waals surface area contributed by atoms with Crippen molar-refractivity contribution in [3.63, 3.8) is 0 Å². The molecule has 2 aromatic carbocycles. The van der Waals surface area contributed by atoms with E-state index >= 15 is 0 Å². The topological polar surface area (TPSA) is 65.7 Å². The third-order valence-electron chi connectivity index (χ3n) is 5.63. The second kappa shape index (κ2) is 9.43. The molecule has 154 valence electrons. The van der Waals surface area contributed by atoms with Gasteiger partial charge in [-0.3, -0.25) is 4.90 Å². The summed E-state index contributed by atoms with van der Waals surface area (Å²) in [6.07, 6.45) is 3.72. The molecule has 1 fully saturated rings. The molecule has 0 aromatic heterocycles. The van der Waals surface area contributed by atoms with Gasteiger partial charge in [0.05, 0.1) is 28.0 Å². The van der Waals surface area contributed by atoms with Crippen molar-refractivity contribution in [2.45, 2.75) is 30.7 Å². The Bertz CT molecular complexity index is 988. The largest absolute Gasteiger partial charge is 0.493 e. The van der Waals surface area contributed by atoms with Crippen molar-refractivity contribution in [3.8, 4) is 11.8 Å². The highest BCUT2D eigenvalue weighted by Gasteiger charge is 2.29. The molecule has 0 saturated carbocycles. The fraction of sp³-hybridized carbons (Fsp3) is 0.435. The minimum Gasteiger partial charge on any atom is -0.493 e. The third-order valence-corrected chi connectivity index (χ3v) is 7.47. The van der Waals surface area contributed by atoms with Crippen LogP contribution in [0.2, 0.25) is 0 Å². The number of nitrogens with zero attached hydrogens (tertiary/aromatic N) is 3. The van der Waals surface area contributed by atoms with Gasteiger partial charge >= 0.3 is 0 Å². The third kappa shape index (κ3) is 5.59. The number of benzene rings is 2. The zero-order valence-electron chi connectivity index (χ0n) is 17.4. The lowest BCUT2D eigenvalue weighted by molar-refractivity contribution is 0.234. The standard InChI is InChI=1S/C23H29N3O2S/c1-18-13-21(16-26(18)12-11-19-5-4-6-20(14-19)15-24)17-28-22-7-9-23(10-8-22)29(3,27)25-2/h4-10,14,18,21H,11-13,16-17H2,1-3H3/t18-,21+,29-/m1/s1. The molecule has 6 heteroatoms. The monoisotopic (exact) mass is 411 g/mol. The van der Waals surface area contributed by atoms with Crippen molar-refractivity contribution in [1.29, 1.82) is 5.26 Å². The van der Waals surface area contributed by atoms with E-state index in [-0.39, 0.29) is 0 Å². The summed E-state index contributed by atoms with van der Waals surface area (Å²) in [5.74, 6) is 1.30. The number of likely N-dealkylation sites (tertiary alicyclic amines) is 1. The first-order chi connectivity index (χ1) is 13.9. The Morgan fingerprint density at radius 1 is 1.28 bits per heavy atom. The summed E-state index contributed by atoms with van der Waals surface area (Å²) >= 11 is 0. The molecule has 1 aliphatic heterocycles. The lowest BCUT2D eigenvalue weighted by Gasteiger charge is -2.21. The number of rotatable bonds is 7. The highest BCUT2D eigenvalue weighted by Crippen LogP contribution is 2.25. The summed E-state index contributed by atoms with van der Waals surface area (Å²) in [5, 5.41) is 9.05. The summed E-state index contributed by atoms with van der Waals surface area (Å²) in [6, 6.07) is 18.0. The lowest BCUT2D eigenvalue weighted by atomic mass is 10.1. The van der Waals surface area contributed by atoms with Crippen molar-refractivity contribution in [2.75, 3.05) is 33.0 Å². The molecule has 0 unspecified atom stereocenters. The Morgan fingerprint density at radius 2 is 2.03 bits per heavy atom. The molecule has 5 nitrogen and oxygen atoms in total. The van der Waals surface area contributed by atoms with E-state index in [9.17, 15) is 4.21 Å². The first-order valence-electron chi connectivity index (χ1n) is 9.97. The summed E-state index contributed by atoms with van der Waals surface area (Å²) in [4.78, 5) is 3.24. The molecule has 0 bridgehead atoms. The van der Waals surface area contributed by atoms with Crippen LogP contribution in [-0.2, 0) is 16.1 Å². The van der Waals surface area contributed by atoms with E-state index in [4.69, 9.17) is 10.00 Å². The van der Waals surface area contributed by atoms with Gasteiger partial charge in [0.15, 0.2) is 0 Å². The van der Waals surface area contributed by atoms with Crippen molar-refractivity contribution in [1.82, 2.24) is 4.90 Å². The zero-order chi connectivity index (χ0) is 20.9. The second-order valence-electron chi connectivity index (χ2n) is 7.78. The molecule has 1 heterocycles. The van der Waals surface area contributed by atoms with Gasteiger partial charge in [0, 0.05) is 43.2 Å². The molecule has 1 saturated heterocycles. The maximum atomic E-state index is 12.3. The first kappa shape index (κ1) is 21.4. The molecule has 29 heavy (non-hydrogen) atoms. The van der Waals surface area contributed by atoms with E-state index in [0.29, 0.717) is 18.6 Å². The van der Waals surface area contributed by atoms with E-state index in [1.807, 2.05) is 42.5 Å². The van der Waals surface area contributed by atoms with E-state index in [0.717, 1.165) is 42.1 Å².